The quantitative estimate of drug-likeness (QED) is 0.367. The van der Waals surface area contributed by atoms with Gasteiger partial charge in [0.05, 0.1) is 0 Å². The summed E-state index contributed by atoms with van der Waals surface area (Å²) in [6.45, 7) is 13.4. The van der Waals surface area contributed by atoms with Gasteiger partial charge in [0.25, 0.3) is 5.91 Å². The van der Waals surface area contributed by atoms with Crippen molar-refractivity contribution in [1.29, 1.82) is 0 Å². The molecule has 0 spiro atoms. The van der Waals surface area contributed by atoms with E-state index in [4.69, 9.17) is 4.74 Å². The van der Waals surface area contributed by atoms with Crippen molar-refractivity contribution in [2.75, 3.05) is 17.3 Å². The fourth-order valence-corrected chi connectivity index (χ4v) is 5.05. The maximum atomic E-state index is 14.3. The highest BCUT2D eigenvalue weighted by molar-refractivity contribution is 7.98. The van der Waals surface area contributed by atoms with Crippen LogP contribution in [0.2, 0.25) is 0 Å². The third-order valence-corrected chi connectivity index (χ3v) is 7.70. The summed E-state index contributed by atoms with van der Waals surface area (Å²) in [5.41, 5.74) is 3.85. The van der Waals surface area contributed by atoms with Gasteiger partial charge in [-0.2, -0.15) is 11.8 Å². The lowest BCUT2D eigenvalue weighted by molar-refractivity contribution is -0.141. The molecule has 1 aliphatic rings. The van der Waals surface area contributed by atoms with Crippen molar-refractivity contribution < 1.29 is 19.1 Å². The molecule has 4 atom stereocenters. The van der Waals surface area contributed by atoms with Gasteiger partial charge in [-0.1, -0.05) is 43.3 Å². The zero-order chi connectivity index (χ0) is 28.9. The number of benzene rings is 2. The molecule has 7 nitrogen and oxygen atoms in total. The Morgan fingerprint density at radius 3 is 2.28 bits per heavy atom. The number of ether oxygens (including phenoxy) is 1. The fraction of sp³-hybridized carbons (Fsp3) is 0.516. The largest absolute Gasteiger partial charge is 0.444 e. The average molecular weight is 554 g/mol. The molecule has 4 unspecified atom stereocenters. The predicted octanol–water partition coefficient (Wildman–Crippen LogP) is 6.18. The molecule has 3 rings (SSSR count). The molecule has 212 valence electrons. The molecule has 3 amide bonds. The Morgan fingerprint density at radius 2 is 1.72 bits per heavy atom. The number of nitrogens with one attached hydrogen (secondary N) is 2. The molecule has 2 aromatic carbocycles. The first kappa shape index (κ1) is 30.5. The molecule has 0 heterocycles. The Bertz CT molecular complexity index is 1190. The van der Waals surface area contributed by atoms with E-state index in [-0.39, 0.29) is 23.8 Å². The van der Waals surface area contributed by atoms with Gasteiger partial charge in [-0.15, -0.1) is 0 Å². The Morgan fingerprint density at radius 1 is 1.05 bits per heavy atom. The van der Waals surface area contributed by atoms with Crippen LogP contribution in [0.5, 0.6) is 0 Å². The number of hydrogen-bond acceptors (Lipinski definition) is 5. The summed E-state index contributed by atoms with van der Waals surface area (Å²) in [4.78, 5) is 42.9. The molecule has 2 aromatic rings. The van der Waals surface area contributed by atoms with Crippen LogP contribution in [0.3, 0.4) is 0 Å². The monoisotopic (exact) mass is 553 g/mol. The van der Waals surface area contributed by atoms with Crippen LogP contribution < -0.4 is 10.6 Å². The highest BCUT2D eigenvalue weighted by Crippen LogP contribution is 2.41. The molecule has 0 radical (unpaired) electrons. The first-order valence-electron chi connectivity index (χ1n) is 13.6. The Kier molecular flexibility index (Phi) is 10.1. The lowest BCUT2D eigenvalue weighted by Gasteiger charge is -2.35. The van der Waals surface area contributed by atoms with Crippen molar-refractivity contribution in [3.05, 3.63) is 64.7 Å². The number of para-hydroxylation sites is 1. The van der Waals surface area contributed by atoms with Crippen molar-refractivity contribution in [3.63, 3.8) is 0 Å². The molecule has 1 saturated carbocycles. The molecule has 0 aromatic heterocycles. The topological polar surface area (TPSA) is 87.7 Å². The number of amides is 3. The maximum absolute atomic E-state index is 14.3. The van der Waals surface area contributed by atoms with E-state index in [9.17, 15) is 14.4 Å². The van der Waals surface area contributed by atoms with E-state index >= 15 is 0 Å². The number of carbonyl (C=O) groups excluding carboxylic acids is 3. The highest BCUT2D eigenvalue weighted by atomic mass is 32.2. The smallest absolute Gasteiger partial charge is 0.408 e. The van der Waals surface area contributed by atoms with Crippen LogP contribution in [-0.4, -0.2) is 52.5 Å². The van der Waals surface area contributed by atoms with E-state index < -0.39 is 23.8 Å². The summed E-state index contributed by atoms with van der Waals surface area (Å²) < 4.78 is 5.48. The van der Waals surface area contributed by atoms with Crippen LogP contribution >= 0.6 is 11.8 Å². The molecule has 0 aliphatic heterocycles. The van der Waals surface area contributed by atoms with E-state index in [0.29, 0.717) is 17.9 Å². The third kappa shape index (κ3) is 8.24. The molecular formula is C31H43N3O4S. The van der Waals surface area contributed by atoms with E-state index in [1.54, 1.807) is 37.4 Å². The summed E-state index contributed by atoms with van der Waals surface area (Å²) in [7, 11) is 0. The van der Waals surface area contributed by atoms with E-state index in [2.05, 4.69) is 17.6 Å². The van der Waals surface area contributed by atoms with Gasteiger partial charge >= 0.3 is 6.09 Å². The zero-order valence-electron chi connectivity index (χ0n) is 24.5. The predicted molar refractivity (Wildman–Crippen MR) is 159 cm³/mol. The van der Waals surface area contributed by atoms with Crippen molar-refractivity contribution in [2.24, 2.45) is 5.92 Å². The standard InChI is InChI=1S/C31H43N3O4S/c1-19-13-14-23(17-21(19)3)27(28(35)32-24-12-10-9-11-20(24)2)34(26-18-22(26)4)29(36)25(15-16-39-8)33-30(37)38-31(5,6)7/h9-14,17,22,25-27H,15-16,18H2,1-8H3,(H,32,35)(H,33,37). The lowest BCUT2D eigenvalue weighted by atomic mass is 9.97. The Labute approximate surface area is 237 Å². The molecule has 39 heavy (non-hydrogen) atoms. The van der Waals surface area contributed by atoms with Crippen molar-refractivity contribution in [1.82, 2.24) is 10.2 Å². The van der Waals surface area contributed by atoms with Gasteiger partial charge in [0.1, 0.15) is 17.7 Å². The average Bonchev–Trinajstić information content (AvgIpc) is 3.57. The summed E-state index contributed by atoms with van der Waals surface area (Å²) >= 11 is 1.60. The summed E-state index contributed by atoms with van der Waals surface area (Å²) in [5.74, 6) is 0.370. The molecular weight excluding hydrogens is 510 g/mol. The van der Waals surface area contributed by atoms with Crippen molar-refractivity contribution >= 4 is 35.4 Å². The first-order chi connectivity index (χ1) is 18.3. The highest BCUT2D eigenvalue weighted by Gasteiger charge is 2.48. The number of carbonyl (C=O) groups is 3. The Balaban J connectivity index is 2.04. The second kappa shape index (κ2) is 12.9. The number of thioether (sulfide) groups is 1. The van der Waals surface area contributed by atoms with Gasteiger partial charge in [0, 0.05) is 11.7 Å². The number of anilines is 1. The minimum absolute atomic E-state index is 0.107. The zero-order valence-corrected chi connectivity index (χ0v) is 25.3. The molecule has 0 saturated heterocycles. The second-order valence-corrected chi connectivity index (χ2v) is 12.5. The van der Waals surface area contributed by atoms with Crippen LogP contribution in [-0.2, 0) is 14.3 Å². The van der Waals surface area contributed by atoms with Gasteiger partial charge < -0.3 is 20.3 Å². The van der Waals surface area contributed by atoms with Gasteiger partial charge in [0.15, 0.2) is 0 Å². The normalized spacial score (nSPS) is 18.1. The summed E-state index contributed by atoms with van der Waals surface area (Å²) in [5, 5.41) is 5.89. The van der Waals surface area contributed by atoms with Crippen LogP contribution in [0.4, 0.5) is 10.5 Å². The first-order valence-corrected chi connectivity index (χ1v) is 15.0. The molecule has 1 fully saturated rings. The van der Waals surface area contributed by atoms with E-state index in [1.807, 2.05) is 69.5 Å². The van der Waals surface area contributed by atoms with Crippen LogP contribution in [0.1, 0.15) is 68.8 Å². The van der Waals surface area contributed by atoms with Gasteiger partial charge in [-0.25, -0.2) is 4.79 Å². The number of alkyl carbamates (subject to hydrolysis) is 1. The molecule has 8 heteroatoms. The van der Waals surface area contributed by atoms with E-state index in [0.717, 1.165) is 28.7 Å². The van der Waals surface area contributed by atoms with Crippen molar-refractivity contribution in [3.8, 4) is 0 Å². The number of aryl methyl sites for hydroxylation is 3. The van der Waals surface area contributed by atoms with Crippen molar-refractivity contribution in [2.45, 2.75) is 85.0 Å². The maximum Gasteiger partial charge on any atom is 0.408 e. The van der Waals surface area contributed by atoms with Gasteiger partial charge in [-0.3, -0.25) is 9.59 Å². The number of rotatable bonds is 10. The van der Waals surface area contributed by atoms with Gasteiger partial charge in [0.2, 0.25) is 5.91 Å². The SMILES string of the molecule is CSCCC(NC(=O)OC(C)(C)C)C(=O)N(C(C(=O)Nc1ccccc1C)c1ccc(C)c(C)c1)C1CC1C. The molecule has 1 aliphatic carbocycles. The minimum Gasteiger partial charge on any atom is -0.444 e. The number of nitrogens with zero attached hydrogens (tertiary/aromatic N) is 1. The van der Waals surface area contributed by atoms with E-state index in [1.165, 1.54) is 0 Å². The fourth-order valence-electron chi connectivity index (χ4n) is 4.58. The summed E-state index contributed by atoms with van der Waals surface area (Å²) in [6.07, 6.45) is 2.55. The second-order valence-electron chi connectivity index (χ2n) is 11.6. The number of hydrogen-bond donors (Lipinski definition) is 2. The van der Waals surface area contributed by atoms with Crippen LogP contribution in [0.15, 0.2) is 42.5 Å². The summed E-state index contributed by atoms with van der Waals surface area (Å²) in [6, 6.07) is 11.7. The van der Waals surface area contributed by atoms with Crippen LogP contribution in [0.25, 0.3) is 0 Å². The van der Waals surface area contributed by atoms with Crippen LogP contribution in [0, 0.1) is 26.7 Å². The minimum atomic E-state index is -0.858. The Hall–Kier alpha value is -3.00. The van der Waals surface area contributed by atoms with Gasteiger partial charge in [-0.05, 0) is 101 Å². The molecule has 2 N–H and O–H groups in total. The molecule has 0 bridgehead atoms. The lowest BCUT2D eigenvalue weighted by Crippen LogP contribution is -2.53. The third-order valence-electron chi connectivity index (χ3n) is 7.05.